The van der Waals surface area contributed by atoms with Crippen LogP contribution in [0.25, 0.3) is 0 Å². The van der Waals surface area contributed by atoms with Crippen molar-refractivity contribution in [2.45, 2.75) is 109 Å². The Morgan fingerprint density at radius 3 is 2.39 bits per heavy atom. The summed E-state index contributed by atoms with van der Waals surface area (Å²) in [4.78, 5) is 25.7. The summed E-state index contributed by atoms with van der Waals surface area (Å²) in [5.41, 5.74) is 0.0830. The molecule has 1 aromatic rings. The van der Waals surface area contributed by atoms with Crippen LogP contribution in [0.5, 0.6) is 11.5 Å². The summed E-state index contributed by atoms with van der Waals surface area (Å²) >= 11 is 0. The van der Waals surface area contributed by atoms with E-state index in [0.29, 0.717) is 11.1 Å². The summed E-state index contributed by atoms with van der Waals surface area (Å²) in [6, 6.07) is 1.10. The third-order valence-corrected chi connectivity index (χ3v) is 9.41. The zero-order chi connectivity index (χ0) is 33.1. The number of aliphatic hydroxyl groups is 4. The van der Waals surface area contributed by atoms with Crippen molar-refractivity contribution in [1.29, 1.82) is 0 Å². The van der Waals surface area contributed by atoms with Crippen molar-refractivity contribution in [2.75, 3.05) is 20.8 Å². The number of carbonyl (C=O) groups excluding carboxylic acids is 2. The molecule has 13 nitrogen and oxygen atoms in total. The standard InChI is InChI=1S/C31H49NO12/c1-14(13-33)8-22(41-6)27(38)28(39)32-29(42-7)23-12-24(37)31(4,5)25(43-23)11-19(35)16(3)21-9-17-15(2)18(34)10-20(36)26(17)30(40)44-21/h10,14,16,19,21-25,27,29,33-38H,8-9,11-13H2,1-7H3,(H,32,39)/t14?,16-,19+,21-,22+,23-,24-,25-,27+,29-/m1/s1. The number of benzene rings is 1. The van der Waals surface area contributed by atoms with E-state index in [-0.39, 0.29) is 55.3 Å². The van der Waals surface area contributed by atoms with E-state index >= 15 is 0 Å². The molecule has 1 fully saturated rings. The molecule has 0 aliphatic carbocycles. The maximum atomic E-state index is 12.9. The number of nitrogens with one attached hydrogen (secondary N) is 1. The Morgan fingerprint density at radius 1 is 1.14 bits per heavy atom. The lowest BCUT2D eigenvalue weighted by Crippen LogP contribution is -2.59. The Kier molecular flexibility index (Phi) is 12.0. The second-order valence-electron chi connectivity index (χ2n) is 12.8. The average Bonchev–Trinajstić information content (AvgIpc) is 2.98. The molecule has 0 aromatic heterocycles. The van der Waals surface area contributed by atoms with Crippen molar-refractivity contribution in [3.8, 4) is 11.5 Å². The number of phenolic OH excluding ortho intramolecular Hbond substituents is 2. The highest BCUT2D eigenvalue weighted by atomic mass is 16.6. The van der Waals surface area contributed by atoms with Gasteiger partial charge in [0, 0.05) is 57.5 Å². The topological polar surface area (TPSA) is 204 Å². The number of amides is 1. The summed E-state index contributed by atoms with van der Waals surface area (Å²) < 4.78 is 22.7. The Bertz CT molecular complexity index is 1160. The SMILES string of the molecule is CO[C@@H](CC(C)CO)[C@H](O)C(=O)N[C@H](OC)[C@H]1C[C@@H](O)C(C)(C)[C@@H](C[C@H](O)[C@@H](C)[C@H]2Cc3c(C)c(O)cc(O)c3C(=O)O2)O1. The zero-order valence-corrected chi connectivity index (χ0v) is 26.5. The molecule has 3 rings (SSSR count). The molecule has 1 aromatic carbocycles. The Balaban J connectivity index is 1.72. The van der Waals surface area contributed by atoms with E-state index in [0.717, 1.165) is 6.07 Å². The molecule has 2 aliphatic heterocycles. The number of fused-ring (bicyclic) bond motifs is 1. The number of cyclic esters (lactones) is 1. The minimum absolute atomic E-state index is 0.00143. The average molecular weight is 628 g/mol. The molecule has 10 atom stereocenters. The molecule has 1 amide bonds. The van der Waals surface area contributed by atoms with Crippen molar-refractivity contribution in [2.24, 2.45) is 17.3 Å². The third kappa shape index (κ3) is 7.64. The van der Waals surface area contributed by atoms with Crippen molar-refractivity contribution in [3.63, 3.8) is 0 Å². The highest BCUT2D eigenvalue weighted by Gasteiger charge is 2.48. The van der Waals surface area contributed by atoms with Crippen LogP contribution in [0.15, 0.2) is 6.07 Å². The maximum absolute atomic E-state index is 12.9. The summed E-state index contributed by atoms with van der Waals surface area (Å²) in [5.74, 6) is -2.83. The van der Waals surface area contributed by atoms with Gasteiger partial charge in [-0.1, -0.05) is 27.7 Å². The number of carbonyl (C=O) groups is 2. The first-order chi connectivity index (χ1) is 20.6. The first kappa shape index (κ1) is 36.0. The molecular weight excluding hydrogens is 578 g/mol. The number of ether oxygens (including phenoxy) is 4. The number of esters is 1. The molecule has 0 radical (unpaired) electrons. The first-order valence-corrected chi connectivity index (χ1v) is 15.0. The highest BCUT2D eigenvalue weighted by Crippen LogP contribution is 2.42. The van der Waals surface area contributed by atoms with E-state index in [2.05, 4.69) is 5.32 Å². The van der Waals surface area contributed by atoms with Gasteiger partial charge in [-0.05, 0) is 30.4 Å². The Labute approximate surface area is 258 Å². The monoisotopic (exact) mass is 627 g/mol. The van der Waals surface area contributed by atoms with E-state index in [1.807, 2.05) is 0 Å². The van der Waals surface area contributed by atoms with Gasteiger partial charge in [0.2, 0.25) is 0 Å². The minimum Gasteiger partial charge on any atom is -0.508 e. The second kappa shape index (κ2) is 14.7. The predicted octanol–water partition coefficient (Wildman–Crippen LogP) is 0.903. The predicted molar refractivity (Wildman–Crippen MR) is 157 cm³/mol. The zero-order valence-electron chi connectivity index (χ0n) is 26.5. The number of methoxy groups -OCH3 is 2. The minimum atomic E-state index is -1.55. The molecule has 13 heteroatoms. The van der Waals surface area contributed by atoms with Gasteiger partial charge < -0.3 is 54.9 Å². The number of aromatic hydroxyl groups is 2. The van der Waals surface area contributed by atoms with Gasteiger partial charge in [-0.2, -0.15) is 0 Å². The third-order valence-electron chi connectivity index (χ3n) is 9.41. The van der Waals surface area contributed by atoms with Crippen LogP contribution in [-0.2, 0) is 30.2 Å². The molecule has 2 aliphatic rings. The van der Waals surface area contributed by atoms with Gasteiger partial charge in [-0.25, -0.2) is 4.79 Å². The largest absolute Gasteiger partial charge is 0.508 e. The molecule has 1 unspecified atom stereocenters. The number of phenols is 2. The van der Waals surface area contributed by atoms with Crippen LogP contribution < -0.4 is 5.32 Å². The molecule has 0 spiro atoms. The van der Waals surface area contributed by atoms with Gasteiger partial charge in [0.15, 0.2) is 12.3 Å². The van der Waals surface area contributed by atoms with Gasteiger partial charge in [0.05, 0.1) is 24.4 Å². The fourth-order valence-electron chi connectivity index (χ4n) is 5.96. The summed E-state index contributed by atoms with van der Waals surface area (Å²) in [6.07, 6.45) is -7.17. The molecular formula is C31H49NO12. The molecule has 250 valence electrons. The van der Waals surface area contributed by atoms with Crippen molar-refractivity contribution >= 4 is 11.9 Å². The fraction of sp³-hybridized carbons (Fsp3) is 0.742. The normalized spacial score (nSPS) is 27.3. The number of rotatable bonds is 13. The second-order valence-corrected chi connectivity index (χ2v) is 12.8. The maximum Gasteiger partial charge on any atom is 0.342 e. The van der Waals surface area contributed by atoms with E-state index in [1.54, 1.807) is 34.6 Å². The molecule has 7 N–H and O–H groups in total. The van der Waals surface area contributed by atoms with Crippen molar-refractivity contribution in [3.05, 3.63) is 22.8 Å². The van der Waals surface area contributed by atoms with Crippen molar-refractivity contribution in [1.82, 2.24) is 5.32 Å². The Morgan fingerprint density at radius 2 is 1.80 bits per heavy atom. The lowest BCUT2D eigenvalue weighted by molar-refractivity contribution is -0.217. The van der Waals surface area contributed by atoms with Gasteiger partial charge in [0.25, 0.3) is 5.91 Å². The summed E-state index contributed by atoms with van der Waals surface area (Å²) in [7, 11) is 2.72. The number of aliphatic hydroxyl groups excluding tert-OH is 4. The number of hydrogen-bond acceptors (Lipinski definition) is 12. The van der Waals surface area contributed by atoms with E-state index in [9.17, 15) is 40.2 Å². The van der Waals surface area contributed by atoms with Crippen LogP contribution in [0.4, 0.5) is 0 Å². The quantitative estimate of drug-likeness (QED) is 0.120. The highest BCUT2D eigenvalue weighted by molar-refractivity contribution is 5.96. The van der Waals surface area contributed by atoms with Gasteiger partial charge in [-0.3, -0.25) is 4.79 Å². The molecule has 0 bridgehead atoms. The van der Waals surface area contributed by atoms with E-state index in [1.165, 1.54) is 14.2 Å². The van der Waals surface area contributed by atoms with Gasteiger partial charge >= 0.3 is 5.97 Å². The van der Waals surface area contributed by atoms with Crippen LogP contribution in [0.3, 0.4) is 0 Å². The van der Waals surface area contributed by atoms with Crippen LogP contribution in [0.1, 0.15) is 68.4 Å². The van der Waals surface area contributed by atoms with Crippen LogP contribution in [-0.4, -0.2) is 112 Å². The lowest BCUT2D eigenvalue weighted by atomic mass is 9.73. The van der Waals surface area contributed by atoms with Gasteiger partial charge in [-0.15, -0.1) is 0 Å². The summed E-state index contributed by atoms with van der Waals surface area (Å²) in [5, 5.41) is 65.4. The summed E-state index contributed by atoms with van der Waals surface area (Å²) in [6.45, 7) is 8.59. The first-order valence-electron chi connectivity index (χ1n) is 15.0. The van der Waals surface area contributed by atoms with E-state index < -0.39 is 72.2 Å². The Hall–Kier alpha value is -2.52. The van der Waals surface area contributed by atoms with Crippen LogP contribution >= 0.6 is 0 Å². The number of hydrogen-bond donors (Lipinski definition) is 7. The van der Waals surface area contributed by atoms with Gasteiger partial charge in [0.1, 0.15) is 29.3 Å². The molecule has 2 heterocycles. The van der Waals surface area contributed by atoms with Crippen LogP contribution in [0, 0.1) is 24.2 Å². The smallest absolute Gasteiger partial charge is 0.342 e. The van der Waals surface area contributed by atoms with E-state index in [4.69, 9.17) is 18.9 Å². The molecule has 1 saturated heterocycles. The lowest BCUT2D eigenvalue weighted by Gasteiger charge is -2.48. The van der Waals surface area contributed by atoms with Crippen molar-refractivity contribution < 1.29 is 59.2 Å². The molecule has 0 saturated carbocycles. The van der Waals surface area contributed by atoms with Crippen LogP contribution in [0.2, 0.25) is 0 Å². The fourth-order valence-corrected chi connectivity index (χ4v) is 5.96. The molecule has 44 heavy (non-hydrogen) atoms.